The Bertz CT molecular complexity index is 1300. The molecular weight excluding hydrogens is 375 g/mol. The van der Waals surface area contributed by atoms with Gasteiger partial charge < -0.3 is 9.84 Å². The summed E-state index contributed by atoms with van der Waals surface area (Å²) < 4.78 is 9.33. The van der Waals surface area contributed by atoms with Gasteiger partial charge in [-0.25, -0.2) is 4.98 Å². The van der Waals surface area contributed by atoms with E-state index in [1.807, 2.05) is 41.7 Å². The standard InChI is InChI=1S/C14H10NOS.C9H7NO.Li/c1-3-7-12-10(5-1)14-15(9-16-12)11-6-2-4-8-13(11)17-14;11-8-5-1-3-7-4-2-6-10-9(7)8;/h1-8H,9H2;1-6,11H;/q+1;;+1. The van der Waals surface area contributed by atoms with E-state index in [-0.39, 0.29) is 24.6 Å². The van der Waals surface area contributed by atoms with E-state index in [4.69, 9.17) is 4.74 Å². The molecule has 5 aromatic rings. The Morgan fingerprint density at radius 2 is 1.69 bits per heavy atom. The predicted molar refractivity (Wildman–Crippen MR) is 108 cm³/mol. The first-order valence-corrected chi connectivity index (χ1v) is 9.83. The van der Waals surface area contributed by atoms with Crippen LogP contribution in [0, 0.1) is 0 Å². The molecule has 0 bridgehead atoms. The van der Waals surface area contributed by atoms with E-state index in [9.17, 15) is 5.11 Å². The van der Waals surface area contributed by atoms with Crippen LogP contribution >= 0.6 is 11.3 Å². The summed E-state index contributed by atoms with van der Waals surface area (Å²) in [6.45, 7) is 0.608. The van der Waals surface area contributed by atoms with Gasteiger partial charge in [-0.05, 0) is 36.1 Å². The summed E-state index contributed by atoms with van der Waals surface area (Å²) in [7, 11) is 0. The number of nitrogens with zero attached hydrogens (tertiary/aromatic N) is 1. The Morgan fingerprint density at radius 1 is 0.897 bits per heavy atom. The third-order valence-corrected chi connectivity index (χ3v) is 5.93. The van der Waals surface area contributed by atoms with Crippen molar-refractivity contribution in [3.8, 4) is 22.1 Å². The Kier molecular flexibility index (Phi) is 5.55. The van der Waals surface area contributed by atoms with Gasteiger partial charge in [0.05, 0.1) is 5.56 Å². The number of pyridine rings is 1. The number of benzene rings is 3. The number of ether oxygens (including phenoxy) is 1. The average Bonchev–Trinajstić information content (AvgIpc) is 3.14. The minimum atomic E-state index is 0. The molecule has 0 radical (unpaired) electrons. The molecular formula is C23H17LiN2O2S+2. The van der Waals surface area contributed by atoms with Crippen LogP contribution in [0.2, 0.25) is 0 Å². The topological polar surface area (TPSA) is 50.3 Å². The summed E-state index contributed by atoms with van der Waals surface area (Å²) in [6.07, 6.45) is 1.75. The first kappa shape index (κ1) is 19.5. The minimum absolute atomic E-state index is 0. The first-order valence-electron chi connectivity index (χ1n) is 9.01. The molecule has 1 aliphatic rings. The monoisotopic (exact) mass is 392 g/mol. The fourth-order valence-corrected chi connectivity index (χ4v) is 4.57. The fraction of sp³-hybridized carbons (Fsp3) is 0.0435. The predicted octanol–water partition coefficient (Wildman–Crippen LogP) is 0.937. The molecule has 0 atom stereocenters. The molecule has 4 nitrogen and oxygen atoms in total. The number of hydrogen-bond donors (Lipinski definition) is 0. The van der Waals surface area contributed by atoms with E-state index in [2.05, 4.69) is 45.9 Å². The van der Waals surface area contributed by atoms with E-state index in [1.165, 1.54) is 20.8 Å². The number of H-pyrrole nitrogens is 1. The van der Waals surface area contributed by atoms with Crippen LogP contribution in [0.15, 0.2) is 85.1 Å². The SMILES string of the molecule is [Li+].[O-]c1cccc2ccc[nH+]c12.c1ccc2c(c1)OC[n+]1c-2sc2ccccc21. The van der Waals surface area contributed by atoms with Gasteiger partial charge in [-0.15, -0.1) is 4.57 Å². The molecule has 3 aromatic carbocycles. The van der Waals surface area contributed by atoms with Crippen molar-refractivity contribution < 1.29 is 38.3 Å². The average molecular weight is 392 g/mol. The number of fused-ring (bicyclic) bond motifs is 6. The molecule has 6 heteroatoms. The van der Waals surface area contributed by atoms with Gasteiger partial charge in [0.15, 0.2) is 6.20 Å². The zero-order valence-corrected chi connectivity index (χ0v) is 16.8. The quantitative estimate of drug-likeness (QED) is 0.291. The fourth-order valence-electron chi connectivity index (χ4n) is 3.39. The number of para-hydroxylation sites is 3. The maximum Gasteiger partial charge on any atom is 1.00 e. The summed E-state index contributed by atoms with van der Waals surface area (Å²) in [4.78, 5) is 2.91. The molecule has 2 aromatic heterocycles. The molecule has 136 valence electrons. The van der Waals surface area contributed by atoms with Gasteiger partial charge in [0, 0.05) is 17.5 Å². The Labute approximate surface area is 184 Å². The zero-order valence-electron chi connectivity index (χ0n) is 16.0. The van der Waals surface area contributed by atoms with Gasteiger partial charge in [0.25, 0.3) is 11.7 Å². The molecule has 0 saturated carbocycles. The van der Waals surface area contributed by atoms with Crippen LogP contribution in [0.25, 0.3) is 31.7 Å². The van der Waals surface area contributed by atoms with Crippen molar-refractivity contribution in [3.63, 3.8) is 0 Å². The molecule has 3 heterocycles. The van der Waals surface area contributed by atoms with Crippen molar-refractivity contribution in [2.24, 2.45) is 0 Å². The molecule has 6 rings (SSSR count). The van der Waals surface area contributed by atoms with E-state index >= 15 is 0 Å². The number of aromatic amines is 1. The smallest absolute Gasteiger partial charge is 0.868 e. The maximum atomic E-state index is 11.1. The summed E-state index contributed by atoms with van der Waals surface area (Å²) in [6, 6.07) is 25.7. The van der Waals surface area contributed by atoms with Crippen molar-refractivity contribution in [2.45, 2.75) is 6.73 Å². The molecule has 0 aliphatic carbocycles. The summed E-state index contributed by atoms with van der Waals surface area (Å²) >= 11 is 1.83. The molecule has 0 spiro atoms. The van der Waals surface area contributed by atoms with Crippen molar-refractivity contribution in [2.75, 3.05) is 0 Å². The molecule has 0 saturated heterocycles. The third kappa shape index (κ3) is 3.61. The van der Waals surface area contributed by atoms with Gasteiger partial charge in [-0.3, -0.25) is 0 Å². The maximum absolute atomic E-state index is 11.1. The Balaban J connectivity index is 0.000000149. The van der Waals surface area contributed by atoms with Crippen molar-refractivity contribution in [1.29, 1.82) is 0 Å². The van der Waals surface area contributed by atoms with Crippen LogP contribution in [0.4, 0.5) is 0 Å². The molecule has 1 N–H and O–H groups in total. The summed E-state index contributed by atoms with van der Waals surface area (Å²) in [5.74, 6) is 1.03. The first-order chi connectivity index (χ1) is 13.8. The second-order valence-corrected chi connectivity index (χ2v) is 7.49. The van der Waals surface area contributed by atoms with Crippen LogP contribution < -0.4 is 38.3 Å². The van der Waals surface area contributed by atoms with Crippen LogP contribution in [-0.4, -0.2) is 0 Å². The molecule has 0 amide bonds. The number of nitrogens with one attached hydrogen (secondary N) is 1. The van der Waals surface area contributed by atoms with Crippen LogP contribution in [0.3, 0.4) is 0 Å². The van der Waals surface area contributed by atoms with Crippen LogP contribution in [0.1, 0.15) is 0 Å². The van der Waals surface area contributed by atoms with Crippen LogP contribution in [0.5, 0.6) is 11.5 Å². The zero-order chi connectivity index (χ0) is 18.9. The minimum Gasteiger partial charge on any atom is -0.868 e. The Hall–Kier alpha value is -2.84. The van der Waals surface area contributed by atoms with E-state index < -0.39 is 0 Å². The summed E-state index contributed by atoms with van der Waals surface area (Å²) in [5, 5.41) is 13.4. The van der Waals surface area contributed by atoms with Crippen molar-refractivity contribution in [3.05, 3.63) is 85.1 Å². The van der Waals surface area contributed by atoms with E-state index in [1.54, 1.807) is 18.3 Å². The largest absolute Gasteiger partial charge is 1.00 e. The number of rotatable bonds is 0. The number of aromatic nitrogens is 2. The second-order valence-electron chi connectivity index (χ2n) is 6.46. The van der Waals surface area contributed by atoms with Gasteiger partial charge >= 0.3 is 18.9 Å². The van der Waals surface area contributed by atoms with Gasteiger partial charge in [0.2, 0.25) is 11.0 Å². The third-order valence-electron chi connectivity index (χ3n) is 4.73. The van der Waals surface area contributed by atoms with Crippen molar-refractivity contribution in [1.82, 2.24) is 0 Å². The number of hydrogen-bond acceptors (Lipinski definition) is 3. The Morgan fingerprint density at radius 3 is 2.59 bits per heavy atom. The van der Waals surface area contributed by atoms with E-state index in [0.717, 1.165) is 11.1 Å². The normalized spacial score (nSPS) is 11.4. The van der Waals surface area contributed by atoms with Crippen LogP contribution in [-0.2, 0) is 6.73 Å². The van der Waals surface area contributed by atoms with Gasteiger partial charge in [-0.2, -0.15) is 0 Å². The molecule has 29 heavy (non-hydrogen) atoms. The van der Waals surface area contributed by atoms with Crippen molar-refractivity contribution >= 4 is 32.5 Å². The molecule has 1 aliphatic heterocycles. The second kappa shape index (κ2) is 8.26. The van der Waals surface area contributed by atoms with Gasteiger partial charge in [0.1, 0.15) is 10.4 Å². The molecule has 0 unspecified atom stereocenters. The van der Waals surface area contributed by atoms with Gasteiger partial charge in [-0.1, -0.05) is 47.7 Å². The summed E-state index contributed by atoms with van der Waals surface area (Å²) in [5.41, 5.74) is 3.12. The number of thiazole rings is 1. The molecule has 0 fully saturated rings. The van der Waals surface area contributed by atoms with E-state index in [0.29, 0.717) is 12.2 Å².